The van der Waals surface area contributed by atoms with Crippen LogP contribution in [0.4, 0.5) is 0 Å². The van der Waals surface area contributed by atoms with Gasteiger partial charge in [-0.2, -0.15) is 0 Å². The summed E-state index contributed by atoms with van der Waals surface area (Å²) in [5.74, 6) is 1.25. The van der Waals surface area contributed by atoms with E-state index in [0.29, 0.717) is 24.4 Å². The summed E-state index contributed by atoms with van der Waals surface area (Å²) >= 11 is 1.80. The van der Waals surface area contributed by atoms with Gasteiger partial charge in [-0.05, 0) is 43.7 Å². The Labute approximate surface area is 161 Å². The van der Waals surface area contributed by atoms with Crippen LogP contribution in [0.3, 0.4) is 0 Å². The summed E-state index contributed by atoms with van der Waals surface area (Å²) in [4.78, 5) is 7.33. The first kappa shape index (κ1) is 16.6. The summed E-state index contributed by atoms with van der Waals surface area (Å²) < 4.78 is 7.19. The summed E-state index contributed by atoms with van der Waals surface area (Å²) in [7, 11) is 0. The van der Waals surface area contributed by atoms with Crippen LogP contribution in [-0.4, -0.2) is 26.6 Å². The van der Waals surface area contributed by atoms with E-state index in [1.165, 1.54) is 22.5 Å². The van der Waals surface area contributed by atoms with E-state index in [1.54, 1.807) is 11.3 Å². The van der Waals surface area contributed by atoms with Crippen molar-refractivity contribution in [1.82, 2.24) is 20.1 Å². The number of nitrogens with zero attached hydrogens (tertiary/aromatic N) is 4. The number of rotatable bonds is 4. The molecule has 0 amide bonds. The van der Waals surface area contributed by atoms with E-state index >= 15 is 0 Å². The highest BCUT2D eigenvalue weighted by Crippen LogP contribution is 2.36. The smallest absolute Gasteiger partial charge is 0.247 e. The lowest BCUT2D eigenvalue weighted by atomic mass is 10.0. The van der Waals surface area contributed by atoms with Crippen molar-refractivity contribution in [2.75, 3.05) is 6.54 Å². The first-order valence-corrected chi connectivity index (χ1v) is 10.2. The summed E-state index contributed by atoms with van der Waals surface area (Å²) in [6.45, 7) is 1.70. The fraction of sp³-hybridized carbons (Fsp3) is 0.286. The van der Waals surface area contributed by atoms with E-state index in [0.717, 1.165) is 24.0 Å². The van der Waals surface area contributed by atoms with Gasteiger partial charge in [-0.1, -0.05) is 36.8 Å². The van der Waals surface area contributed by atoms with Gasteiger partial charge in [0.2, 0.25) is 11.8 Å². The Morgan fingerprint density at radius 1 is 1.00 bits per heavy atom. The van der Waals surface area contributed by atoms with Crippen molar-refractivity contribution in [1.29, 1.82) is 0 Å². The molecule has 3 heterocycles. The van der Waals surface area contributed by atoms with Crippen molar-refractivity contribution in [3.05, 3.63) is 65.5 Å². The van der Waals surface area contributed by atoms with Gasteiger partial charge in [-0.25, -0.2) is 4.98 Å². The molecule has 0 N–H and O–H groups in total. The third kappa shape index (κ3) is 3.38. The molecule has 27 heavy (non-hydrogen) atoms. The number of likely N-dealkylation sites (tertiary alicyclic amines) is 1. The van der Waals surface area contributed by atoms with Crippen molar-refractivity contribution >= 4 is 21.6 Å². The lowest BCUT2D eigenvalue weighted by Crippen LogP contribution is -2.33. The summed E-state index contributed by atoms with van der Waals surface area (Å²) in [5.41, 5.74) is 2.05. The SMILES string of the molecule is c1ccc(-c2nnc(CN3CCCC[C@H]3c3nc4ccccc4s3)o2)cc1. The highest BCUT2D eigenvalue weighted by atomic mass is 32.1. The van der Waals surface area contributed by atoms with Gasteiger partial charge in [-0.15, -0.1) is 21.5 Å². The first-order chi connectivity index (χ1) is 13.4. The van der Waals surface area contributed by atoms with E-state index < -0.39 is 0 Å². The highest BCUT2D eigenvalue weighted by Gasteiger charge is 2.28. The van der Waals surface area contributed by atoms with Crippen molar-refractivity contribution in [3.8, 4) is 11.5 Å². The van der Waals surface area contributed by atoms with Crippen LogP contribution in [0.1, 0.15) is 36.2 Å². The molecule has 0 aliphatic carbocycles. The van der Waals surface area contributed by atoms with Gasteiger partial charge in [0.1, 0.15) is 5.01 Å². The second-order valence-electron chi connectivity index (χ2n) is 6.87. The Balaban J connectivity index is 1.39. The van der Waals surface area contributed by atoms with Crippen molar-refractivity contribution in [2.45, 2.75) is 31.8 Å². The zero-order valence-electron chi connectivity index (χ0n) is 14.9. The molecular formula is C21H20N4OS. The number of thiazole rings is 1. The molecule has 0 bridgehead atoms. The summed E-state index contributed by atoms with van der Waals surface area (Å²) in [6, 6.07) is 18.6. The number of para-hydroxylation sites is 1. The number of fused-ring (bicyclic) bond motifs is 1. The maximum absolute atomic E-state index is 5.93. The molecule has 0 unspecified atom stereocenters. The van der Waals surface area contributed by atoms with Crippen LogP contribution < -0.4 is 0 Å². The zero-order valence-corrected chi connectivity index (χ0v) is 15.7. The minimum Gasteiger partial charge on any atom is -0.419 e. The zero-order chi connectivity index (χ0) is 18.1. The van der Waals surface area contributed by atoms with Crippen molar-refractivity contribution in [3.63, 3.8) is 0 Å². The van der Waals surface area contributed by atoms with Crippen molar-refractivity contribution in [2.24, 2.45) is 0 Å². The quantitative estimate of drug-likeness (QED) is 0.497. The van der Waals surface area contributed by atoms with Crippen LogP contribution in [0.15, 0.2) is 59.0 Å². The maximum Gasteiger partial charge on any atom is 0.247 e. The molecule has 0 spiro atoms. The van der Waals surface area contributed by atoms with Crippen LogP contribution >= 0.6 is 11.3 Å². The average Bonchev–Trinajstić information content (AvgIpc) is 3.36. The lowest BCUT2D eigenvalue weighted by Gasteiger charge is -2.33. The van der Waals surface area contributed by atoms with E-state index in [9.17, 15) is 0 Å². The second kappa shape index (κ2) is 7.21. The number of aromatic nitrogens is 3. The molecule has 2 aromatic carbocycles. The average molecular weight is 376 g/mol. The van der Waals surface area contributed by atoms with Crippen molar-refractivity contribution < 1.29 is 4.42 Å². The third-order valence-electron chi connectivity index (χ3n) is 5.04. The number of hydrogen-bond donors (Lipinski definition) is 0. The molecule has 4 aromatic rings. The molecule has 0 radical (unpaired) electrons. The normalized spacial score (nSPS) is 18.1. The first-order valence-electron chi connectivity index (χ1n) is 9.34. The minimum absolute atomic E-state index is 0.322. The molecule has 1 aliphatic rings. The van der Waals surface area contributed by atoms with Crippen LogP contribution in [-0.2, 0) is 6.54 Å². The number of benzene rings is 2. The maximum atomic E-state index is 5.93. The summed E-state index contributed by atoms with van der Waals surface area (Å²) in [6.07, 6.45) is 3.55. The Hall–Kier alpha value is -2.57. The monoisotopic (exact) mass is 376 g/mol. The fourth-order valence-electron chi connectivity index (χ4n) is 3.68. The Bertz CT molecular complexity index is 1010. The molecule has 1 fully saturated rings. The second-order valence-corrected chi connectivity index (χ2v) is 7.93. The third-order valence-corrected chi connectivity index (χ3v) is 6.17. The van der Waals surface area contributed by atoms with E-state index in [1.807, 2.05) is 36.4 Å². The van der Waals surface area contributed by atoms with Gasteiger partial charge in [0, 0.05) is 5.56 Å². The van der Waals surface area contributed by atoms with Gasteiger partial charge in [0.25, 0.3) is 0 Å². The van der Waals surface area contributed by atoms with Gasteiger partial charge in [0.15, 0.2) is 0 Å². The van der Waals surface area contributed by atoms with Gasteiger partial charge >= 0.3 is 0 Å². The minimum atomic E-state index is 0.322. The molecule has 5 rings (SSSR count). The molecule has 136 valence electrons. The Morgan fingerprint density at radius 3 is 2.74 bits per heavy atom. The number of hydrogen-bond acceptors (Lipinski definition) is 6. The predicted molar refractivity (Wildman–Crippen MR) is 106 cm³/mol. The van der Waals surface area contributed by atoms with E-state index in [4.69, 9.17) is 9.40 Å². The standard InChI is InChI=1S/C21H20N4OS/c1-2-8-15(9-3-1)20-24-23-19(26-20)14-25-13-7-6-11-17(25)21-22-16-10-4-5-12-18(16)27-21/h1-5,8-10,12,17H,6-7,11,13-14H2/t17-/m0/s1. The molecule has 1 atom stereocenters. The van der Waals surface area contributed by atoms with Crippen LogP contribution in [0.25, 0.3) is 21.7 Å². The molecule has 6 heteroatoms. The van der Waals surface area contributed by atoms with Gasteiger partial charge in [0.05, 0.1) is 22.8 Å². The van der Waals surface area contributed by atoms with Gasteiger partial charge < -0.3 is 4.42 Å². The summed E-state index contributed by atoms with van der Waals surface area (Å²) in [5, 5.41) is 9.70. The highest BCUT2D eigenvalue weighted by molar-refractivity contribution is 7.18. The molecule has 2 aromatic heterocycles. The van der Waals surface area contributed by atoms with E-state index in [-0.39, 0.29) is 0 Å². The molecule has 1 saturated heterocycles. The Kier molecular flexibility index (Phi) is 4.43. The predicted octanol–water partition coefficient (Wildman–Crippen LogP) is 5.07. The molecule has 5 nitrogen and oxygen atoms in total. The van der Waals surface area contributed by atoms with Gasteiger partial charge in [-0.3, -0.25) is 4.90 Å². The topological polar surface area (TPSA) is 55.1 Å². The largest absolute Gasteiger partial charge is 0.419 e. The van der Waals surface area contributed by atoms with Crippen LogP contribution in [0.5, 0.6) is 0 Å². The fourth-order valence-corrected chi connectivity index (χ4v) is 4.82. The number of piperidine rings is 1. The molecule has 0 saturated carbocycles. The molecular weight excluding hydrogens is 356 g/mol. The van der Waals surface area contributed by atoms with Crippen LogP contribution in [0, 0.1) is 0 Å². The van der Waals surface area contributed by atoms with Crippen LogP contribution in [0.2, 0.25) is 0 Å². The Morgan fingerprint density at radius 2 is 1.85 bits per heavy atom. The van der Waals surface area contributed by atoms with E-state index in [2.05, 4.69) is 33.3 Å². The molecule has 1 aliphatic heterocycles. The lowest BCUT2D eigenvalue weighted by molar-refractivity contribution is 0.128.